The van der Waals surface area contributed by atoms with E-state index < -0.39 is 14.9 Å². The zero-order valence-corrected chi connectivity index (χ0v) is 13.8. The summed E-state index contributed by atoms with van der Waals surface area (Å²) in [6, 6.07) is 6.24. The fourth-order valence-electron chi connectivity index (χ4n) is 3.72. The normalized spacial score (nSPS) is 21.6. The van der Waals surface area contributed by atoms with Crippen molar-refractivity contribution >= 4 is 15.7 Å². The number of nitrogens with one attached hydrogen (secondary N) is 1. The summed E-state index contributed by atoms with van der Waals surface area (Å²) in [5.41, 5.74) is -0.349. The van der Waals surface area contributed by atoms with Crippen LogP contribution in [0.4, 0.5) is 5.69 Å². The van der Waals surface area contributed by atoms with Crippen LogP contribution in [0.2, 0.25) is 0 Å². The number of hydrogen-bond acceptors (Lipinski definition) is 4. The fourth-order valence-corrected chi connectivity index (χ4v) is 5.32. The second-order valence-electron chi connectivity index (χ2n) is 6.27. The first kappa shape index (κ1) is 16.4. The molecule has 2 aliphatic rings. The van der Waals surface area contributed by atoms with Gasteiger partial charge < -0.3 is 4.90 Å². The molecule has 1 saturated carbocycles. The van der Waals surface area contributed by atoms with Gasteiger partial charge in [-0.2, -0.15) is 4.31 Å². The molecular weight excluding hydrogens is 318 g/mol. The van der Waals surface area contributed by atoms with E-state index in [-0.39, 0.29) is 10.6 Å². The van der Waals surface area contributed by atoms with Crippen molar-refractivity contribution in [3.8, 4) is 0 Å². The Hall–Kier alpha value is -1.51. The molecule has 0 bridgehead atoms. The third-order valence-electron chi connectivity index (χ3n) is 4.98. The number of sulfonamides is 1. The maximum Gasteiger partial charge on any atom is 0.289 e. The van der Waals surface area contributed by atoms with E-state index >= 15 is 0 Å². The van der Waals surface area contributed by atoms with Crippen LogP contribution >= 0.6 is 0 Å². The van der Waals surface area contributed by atoms with E-state index in [1.807, 2.05) is 0 Å². The van der Waals surface area contributed by atoms with E-state index in [4.69, 9.17) is 0 Å². The number of piperazine rings is 1. The first-order chi connectivity index (χ1) is 11.0. The Balaban J connectivity index is 1.75. The number of rotatable bonds is 4. The predicted molar refractivity (Wildman–Crippen MR) is 84.8 cm³/mol. The van der Waals surface area contributed by atoms with Crippen LogP contribution in [0, 0.1) is 10.1 Å². The number of nitro groups is 1. The third kappa shape index (κ3) is 3.24. The van der Waals surface area contributed by atoms with Crippen LogP contribution in [0.25, 0.3) is 0 Å². The lowest BCUT2D eigenvalue weighted by Crippen LogP contribution is -3.18. The Morgan fingerprint density at radius 2 is 1.74 bits per heavy atom. The molecule has 23 heavy (non-hydrogen) atoms. The molecule has 0 atom stereocenters. The molecule has 0 spiro atoms. The molecule has 2 fully saturated rings. The van der Waals surface area contributed by atoms with Crippen molar-refractivity contribution in [2.45, 2.75) is 36.6 Å². The first-order valence-corrected chi connectivity index (χ1v) is 9.52. The van der Waals surface area contributed by atoms with Gasteiger partial charge in [0.1, 0.15) is 0 Å². The molecule has 3 rings (SSSR count). The lowest BCUT2D eigenvalue weighted by Gasteiger charge is -2.34. The first-order valence-electron chi connectivity index (χ1n) is 8.08. The molecule has 8 heteroatoms. The number of nitrogens with zero attached hydrogens (tertiary/aromatic N) is 2. The van der Waals surface area contributed by atoms with Gasteiger partial charge in [-0.1, -0.05) is 12.1 Å². The Kier molecular flexibility index (Phi) is 4.65. The molecule has 0 aromatic heterocycles. The highest BCUT2D eigenvalue weighted by Crippen LogP contribution is 2.26. The standard InChI is InChI=1S/C15H21N3O4S/c19-18(20)14-7-3-4-8-15(14)23(21,22)17-11-9-16(10-12-17)13-5-1-2-6-13/h3-4,7-8,13H,1-2,5-6,9-12H2/p+1. The van der Waals surface area contributed by atoms with Gasteiger partial charge >= 0.3 is 0 Å². The molecule has 1 aliphatic carbocycles. The second kappa shape index (κ2) is 6.54. The summed E-state index contributed by atoms with van der Waals surface area (Å²) >= 11 is 0. The number of para-hydroxylation sites is 1. The summed E-state index contributed by atoms with van der Waals surface area (Å²) in [7, 11) is -3.81. The van der Waals surface area contributed by atoms with E-state index in [1.54, 1.807) is 0 Å². The van der Waals surface area contributed by atoms with Crippen LogP contribution in [0.3, 0.4) is 0 Å². The number of hydrogen-bond donors (Lipinski definition) is 1. The summed E-state index contributed by atoms with van der Waals surface area (Å²) in [5.74, 6) is 0. The van der Waals surface area contributed by atoms with E-state index in [1.165, 1.54) is 59.2 Å². The van der Waals surface area contributed by atoms with Gasteiger partial charge in [-0.3, -0.25) is 10.1 Å². The lowest BCUT2D eigenvalue weighted by atomic mass is 10.2. The molecule has 7 nitrogen and oxygen atoms in total. The number of benzene rings is 1. The van der Waals surface area contributed by atoms with Gasteiger partial charge in [-0.15, -0.1) is 0 Å². The van der Waals surface area contributed by atoms with Gasteiger partial charge in [-0.05, 0) is 31.7 Å². The fraction of sp³-hybridized carbons (Fsp3) is 0.600. The Bertz CT molecular complexity index is 678. The maximum atomic E-state index is 12.8. The average Bonchev–Trinajstić information content (AvgIpc) is 3.09. The van der Waals surface area contributed by atoms with Crippen molar-refractivity contribution in [1.29, 1.82) is 0 Å². The lowest BCUT2D eigenvalue weighted by molar-refractivity contribution is -0.928. The van der Waals surface area contributed by atoms with Crippen LogP contribution < -0.4 is 4.90 Å². The van der Waals surface area contributed by atoms with Crippen molar-refractivity contribution in [3.63, 3.8) is 0 Å². The van der Waals surface area contributed by atoms with Crippen molar-refractivity contribution in [2.24, 2.45) is 0 Å². The Labute approximate surface area is 136 Å². The van der Waals surface area contributed by atoms with Crippen molar-refractivity contribution in [3.05, 3.63) is 34.4 Å². The molecule has 1 saturated heterocycles. The molecule has 0 amide bonds. The highest BCUT2D eigenvalue weighted by molar-refractivity contribution is 7.89. The van der Waals surface area contributed by atoms with Crippen LogP contribution in [0.15, 0.2) is 29.2 Å². The summed E-state index contributed by atoms with van der Waals surface area (Å²) in [4.78, 5) is 11.7. The zero-order valence-electron chi connectivity index (χ0n) is 13.0. The highest BCUT2D eigenvalue weighted by Gasteiger charge is 2.37. The highest BCUT2D eigenvalue weighted by atomic mass is 32.2. The summed E-state index contributed by atoms with van der Waals surface area (Å²) < 4.78 is 26.9. The molecular formula is C15H22N3O4S+. The molecule has 126 valence electrons. The molecule has 1 N–H and O–H groups in total. The van der Waals surface area contributed by atoms with Crippen LogP contribution in [-0.4, -0.2) is 49.9 Å². The van der Waals surface area contributed by atoms with Gasteiger partial charge in [0, 0.05) is 6.07 Å². The second-order valence-corrected chi connectivity index (χ2v) is 8.17. The largest absolute Gasteiger partial charge is 0.330 e. The predicted octanol–water partition coefficient (Wildman–Crippen LogP) is 0.427. The zero-order chi connectivity index (χ0) is 16.4. The third-order valence-corrected chi connectivity index (χ3v) is 6.92. The molecule has 1 aromatic carbocycles. The number of quaternary nitrogens is 1. The van der Waals surface area contributed by atoms with Crippen molar-refractivity contribution in [2.75, 3.05) is 26.2 Å². The van der Waals surface area contributed by atoms with E-state index in [9.17, 15) is 18.5 Å². The number of nitro benzene ring substituents is 1. The Morgan fingerprint density at radius 3 is 2.35 bits per heavy atom. The molecule has 1 aliphatic heterocycles. The topological polar surface area (TPSA) is 85.0 Å². The summed E-state index contributed by atoms with van der Waals surface area (Å²) in [5, 5.41) is 11.1. The van der Waals surface area contributed by atoms with Gasteiger partial charge in [0.05, 0.1) is 37.1 Å². The smallest absolute Gasteiger partial charge is 0.289 e. The summed E-state index contributed by atoms with van der Waals surface area (Å²) in [6.45, 7) is 2.43. The van der Waals surface area contributed by atoms with Crippen LogP contribution in [-0.2, 0) is 10.0 Å². The van der Waals surface area contributed by atoms with E-state index in [2.05, 4.69) is 0 Å². The van der Waals surface area contributed by atoms with Gasteiger partial charge in [0.2, 0.25) is 10.0 Å². The van der Waals surface area contributed by atoms with Crippen molar-refractivity contribution in [1.82, 2.24) is 4.31 Å². The van der Waals surface area contributed by atoms with E-state index in [0.717, 1.165) is 13.1 Å². The van der Waals surface area contributed by atoms with Gasteiger partial charge in [-0.25, -0.2) is 8.42 Å². The molecule has 0 radical (unpaired) electrons. The minimum absolute atomic E-state index is 0.200. The van der Waals surface area contributed by atoms with E-state index in [0.29, 0.717) is 19.1 Å². The Morgan fingerprint density at radius 1 is 1.13 bits per heavy atom. The van der Waals surface area contributed by atoms with Crippen molar-refractivity contribution < 1.29 is 18.2 Å². The summed E-state index contributed by atoms with van der Waals surface area (Å²) in [6.07, 6.45) is 5.00. The maximum absolute atomic E-state index is 12.8. The monoisotopic (exact) mass is 340 g/mol. The van der Waals surface area contributed by atoms with Gasteiger partial charge in [0.25, 0.3) is 5.69 Å². The molecule has 1 aromatic rings. The van der Waals surface area contributed by atoms with Crippen LogP contribution in [0.5, 0.6) is 0 Å². The SMILES string of the molecule is O=[N+]([O-])c1ccccc1S(=O)(=O)N1CC[NH+](C2CCCC2)CC1. The van der Waals surface area contributed by atoms with Crippen LogP contribution in [0.1, 0.15) is 25.7 Å². The average molecular weight is 340 g/mol. The minimum Gasteiger partial charge on any atom is -0.330 e. The molecule has 0 unspecified atom stereocenters. The van der Waals surface area contributed by atoms with Gasteiger partial charge in [0.15, 0.2) is 4.90 Å². The minimum atomic E-state index is -3.81. The molecule has 1 heterocycles. The quantitative estimate of drug-likeness (QED) is 0.636.